The van der Waals surface area contributed by atoms with Gasteiger partial charge in [-0.05, 0) is 72.8 Å². The molecule has 252 valence electrons. The highest BCUT2D eigenvalue weighted by atomic mass is 16.5. The van der Waals surface area contributed by atoms with Gasteiger partial charge in [-0.15, -0.1) is 0 Å². The summed E-state index contributed by atoms with van der Waals surface area (Å²) in [5, 5.41) is 0. The molecule has 10 rings (SSSR count). The lowest BCUT2D eigenvalue weighted by atomic mass is 9.62. The molecule has 0 saturated heterocycles. The van der Waals surface area contributed by atoms with Crippen molar-refractivity contribution in [2.45, 2.75) is 5.41 Å². The number of anilines is 6. The first-order valence-electron chi connectivity index (χ1n) is 17.9. The van der Waals surface area contributed by atoms with Gasteiger partial charge in [0.2, 0.25) is 0 Å². The molecule has 0 amide bonds. The maximum atomic E-state index is 7.08. The molecule has 2 aliphatic rings. The van der Waals surface area contributed by atoms with Crippen LogP contribution in [0.1, 0.15) is 22.3 Å². The molecule has 0 fully saturated rings. The van der Waals surface area contributed by atoms with Crippen LogP contribution in [0, 0.1) is 0 Å². The lowest BCUT2D eigenvalue weighted by Gasteiger charge is -2.45. The van der Waals surface area contributed by atoms with Crippen molar-refractivity contribution in [1.29, 1.82) is 0 Å². The Kier molecular flexibility index (Phi) is 7.33. The van der Waals surface area contributed by atoms with Gasteiger partial charge in [0.1, 0.15) is 17.2 Å². The number of fused-ring (bicyclic) bond motifs is 8. The highest BCUT2D eigenvalue weighted by Crippen LogP contribution is 2.63. The molecule has 0 radical (unpaired) electrons. The molecule has 0 bridgehead atoms. The largest absolute Gasteiger partial charge is 0.457 e. The lowest BCUT2D eigenvalue weighted by molar-refractivity contribution is 0.400. The smallest absolute Gasteiger partial charge is 0.156 e. The Morgan fingerprint density at radius 3 is 1.28 bits per heavy atom. The molecule has 53 heavy (non-hydrogen) atoms. The van der Waals surface area contributed by atoms with E-state index in [1.807, 2.05) is 12.1 Å². The minimum absolute atomic E-state index is 0.744. The van der Waals surface area contributed by atoms with Crippen LogP contribution in [0.3, 0.4) is 0 Å². The standard InChI is InChI=1S/C49H34N2O2/c1-5-18-35(19-6-1)50(36-20-7-2-8-21-36)39-32-33-42-47(34-39)52-45-30-15-13-26-40(45)49(42)41-27-14-16-31-46(41)53-48-43(49)28-17-29-44(48)51(37-22-9-3-10-23-37)38-24-11-4-12-25-38/h1-34H. The summed E-state index contributed by atoms with van der Waals surface area (Å²) >= 11 is 0. The molecule has 2 aliphatic heterocycles. The fourth-order valence-corrected chi connectivity index (χ4v) is 8.16. The van der Waals surface area contributed by atoms with Crippen molar-refractivity contribution in [1.82, 2.24) is 0 Å². The van der Waals surface area contributed by atoms with E-state index in [1.165, 1.54) is 0 Å². The number of rotatable bonds is 6. The zero-order chi connectivity index (χ0) is 35.2. The summed E-state index contributed by atoms with van der Waals surface area (Å²) in [4.78, 5) is 4.56. The Morgan fingerprint density at radius 1 is 0.302 bits per heavy atom. The molecule has 8 aromatic carbocycles. The molecule has 1 unspecified atom stereocenters. The van der Waals surface area contributed by atoms with E-state index in [1.54, 1.807) is 0 Å². The predicted molar refractivity (Wildman–Crippen MR) is 214 cm³/mol. The molecule has 2 heterocycles. The van der Waals surface area contributed by atoms with Gasteiger partial charge in [-0.3, -0.25) is 0 Å². The van der Waals surface area contributed by atoms with Gasteiger partial charge in [-0.25, -0.2) is 0 Å². The fraction of sp³-hybridized carbons (Fsp3) is 0.0204. The molecule has 1 atom stereocenters. The molecule has 0 saturated carbocycles. The first-order valence-corrected chi connectivity index (χ1v) is 17.9. The molecule has 4 heteroatoms. The van der Waals surface area contributed by atoms with Crippen molar-refractivity contribution >= 4 is 34.1 Å². The van der Waals surface area contributed by atoms with Gasteiger partial charge in [0.25, 0.3) is 0 Å². The monoisotopic (exact) mass is 682 g/mol. The van der Waals surface area contributed by atoms with Crippen molar-refractivity contribution in [2.24, 2.45) is 0 Å². The van der Waals surface area contributed by atoms with E-state index in [4.69, 9.17) is 9.47 Å². The van der Waals surface area contributed by atoms with Crippen LogP contribution in [0.4, 0.5) is 34.1 Å². The van der Waals surface area contributed by atoms with E-state index >= 15 is 0 Å². The van der Waals surface area contributed by atoms with E-state index in [-0.39, 0.29) is 0 Å². The van der Waals surface area contributed by atoms with Gasteiger partial charge >= 0.3 is 0 Å². The second kappa shape index (κ2) is 12.6. The first kappa shape index (κ1) is 30.8. The highest BCUT2D eigenvalue weighted by molar-refractivity contribution is 5.86. The van der Waals surface area contributed by atoms with E-state index in [2.05, 4.69) is 204 Å². The number of ether oxygens (including phenoxy) is 2. The van der Waals surface area contributed by atoms with Gasteiger partial charge in [-0.1, -0.05) is 127 Å². The van der Waals surface area contributed by atoms with Crippen molar-refractivity contribution in [3.63, 3.8) is 0 Å². The molecule has 0 aliphatic carbocycles. The number of nitrogens with zero attached hydrogens (tertiary/aromatic N) is 2. The SMILES string of the molecule is c1ccc(N(c2ccccc2)c2ccc3c(c2)Oc2ccccc2C32c3ccccc3Oc3c(N(c4ccccc4)c4ccccc4)cccc32)cc1. The second-order valence-corrected chi connectivity index (χ2v) is 13.3. The molecule has 1 spiro atoms. The van der Waals surface area contributed by atoms with Crippen LogP contribution < -0.4 is 19.3 Å². The van der Waals surface area contributed by atoms with Crippen LogP contribution in [0.25, 0.3) is 0 Å². The summed E-state index contributed by atoms with van der Waals surface area (Å²) < 4.78 is 14.0. The molecule has 4 nitrogen and oxygen atoms in total. The van der Waals surface area contributed by atoms with Crippen LogP contribution in [0.5, 0.6) is 23.0 Å². The van der Waals surface area contributed by atoms with Crippen LogP contribution >= 0.6 is 0 Å². The zero-order valence-electron chi connectivity index (χ0n) is 28.8. The van der Waals surface area contributed by atoms with Gasteiger partial charge in [0.05, 0.1) is 11.1 Å². The first-order chi connectivity index (χ1) is 26.3. The minimum Gasteiger partial charge on any atom is -0.457 e. The second-order valence-electron chi connectivity index (χ2n) is 13.3. The predicted octanol–water partition coefficient (Wildman–Crippen LogP) is 13.2. The van der Waals surface area contributed by atoms with Crippen molar-refractivity contribution in [3.8, 4) is 23.0 Å². The Balaban J connectivity index is 1.25. The third-order valence-electron chi connectivity index (χ3n) is 10.3. The Morgan fingerprint density at radius 2 is 0.736 bits per heavy atom. The normalized spacial score (nSPS) is 14.8. The maximum absolute atomic E-state index is 7.08. The van der Waals surface area contributed by atoms with Crippen molar-refractivity contribution in [3.05, 3.63) is 229 Å². The fourth-order valence-electron chi connectivity index (χ4n) is 8.16. The maximum Gasteiger partial charge on any atom is 0.156 e. The Hall–Kier alpha value is -7.04. The van der Waals surface area contributed by atoms with E-state index < -0.39 is 5.41 Å². The highest BCUT2D eigenvalue weighted by Gasteiger charge is 2.51. The molecule has 8 aromatic rings. The number of para-hydroxylation sites is 7. The van der Waals surface area contributed by atoms with E-state index in [0.29, 0.717) is 0 Å². The molecule has 0 aromatic heterocycles. The summed E-state index contributed by atoms with van der Waals surface area (Å²) in [6, 6.07) is 72.1. The molecule has 0 N–H and O–H groups in total. The van der Waals surface area contributed by atoms with Crippen LogP contribution in [-0.4, -0.2) is 0 Å². The quantitative estimate of drug-likeness (QED) is 0.174. The van der Waals surface area contributed by atoms with Gasteiger partial charge in [-0.2, -0.15) is 0 Å². The summed E-state index contributed by atoms with van der Waals surface area (Å²) in [6.07, 6.45) is 0. The summed E-state index contributed by atoms with van der Waals surface area (Å²) in [7, 11) is 0. The van der Waals surface area contributed by atoms with Crippen LogP contribution in [0.15, 0.2) is 206 Å². The number of hydrogen-bond acceptors (Lipinski definition) is 4. The summed E-state index contributed by atoms with van der Waals surface area (Å²) in [6.45, 7) is 0. The van der Waals surface area contributed by atoms with Gasteiger partial charge in [0, 0.05) is 56.8 Å². The molecular weight excluding hydrogens is 649 g/mol. The Labute approximate surface area is 309 Å². The topological polar surface area (TPSA) is 24.9 Å². The lowest BCUT2D eigenvalue weighted by Crippen LogP contribution is -2.37. The zero-order valence-corrected chi connectivity index (χ0v) is 28.8. The molecular formula is C49H34N2O2. The van der Waals surface area contributed by atoms with Crippen molar-refractivity contribution < 1.29 is 9.47 Å². The third-order valence-corrected chi connectivity index (χ3v) is 10.3. The Bertz CT molecular complexity index is 2480. The summed E-state index contributed by atoms with van der Waals surface area (Å²) in [5.74, 6) is 3.24. The van der Waals surface area contributed by atoms with Crippen LogP contribution in [0.2, 0.25) is 0 Å². The van der Waals surface area contributed by atoms with Gasteiger partial charge in [0.15, 0.2) is 5.75 Å². The average Bonchev–Trinajstić information content (AvgIpc) is 3.23. The van der Waals surface area contributed by atoms with Crippen molar-refractivity contribution in [2.75, 3.05) is 9.80 Å². The van der Waals surface area contributed by atoms with Gasteiger partial charge < -0.3 is 19.3 Å². The average molecular weight is 683 g/mol. The van der Waals surface area contributed by atoms with Crippen LogP contribution in [-0.2, 0) is 5.41 Å². The number of hydrogen-bond donors (Lipinski definition) is 0. The van der Waals surface area contributed by atoms with E-state index in [9.17, 15) is 0 Å². The summed E-state index contributed by atoms with van der Waals surface area (Å²) in [5.41, 5.74) is 9.69. The minimum atomic E-state index is -0.744. The third kappa shape index (κ3) is 4.91. The van der Waals surface area contributed by atoms with E-state index in [0.717, 1.165) is 79.4 Å². The number of benzene rings is 8.